The molecule has 22 heavy (non-hydrogen) atoms. The van der Waals surface area contributed by atoms with Gasteiger partial charge < -0.3 is 9.51 Å². The number of benzene rings is 1. The van der Waals surface area contributed by atoms with Gasteiger partial charge in [-0.15, -0.1) is 0 Å². The standard InChI is InChI=1S/C14H10N2O5S/c17-14(18)11-2-1-7-16-8-12(15-13(11)16)9-3-5-10(6-4-9)22(19,20)21/h1-8H,(H,17,18)(H,19,20,21). The van der Waals surface area contributed by atoms with Gasteiger partial charge in [0.1, 0.15) is 5.56 Å². The molecule has 0 atom stereocenters. The van der Waals surface area contributed by atoms with Crippen molar-refractivity contribution >= 4 is 21.7 Å². The summed E-state index contributed by atoms with van der Waals surface area (Å²) in [7, 11) is -4.25. The van der Waals surface area contributed by atoms with Crippen molar-refractivity contribution in [2.45, 2.75) is 4.90 Å². The van der Waals surface area contributed by atoms with E-state index in [0.717, 1.165) is 0 Å². The van der Waals surface area contributed by atoms with Gasteiger partial charge in [0.15, 0.2) is 5.65 Å². The Morgan fingerprint density at radius 1 is 1.14 bits per heavy atom. The maximum absolute atomic E-state index is 11.2. The molecule has 0 spiro atoms. The first kappa shape index (κ1) is 14.2. The second kappa shape index (κ2) is 4.93. The van der Waals surface area contributed by atoms with Crippen LogP contribution in [-0.2, 0) is 10.1 Å². The van der Waals surface area contributed by atoms with Gasteiger partial charge in [0.25, 0.3) is 10.1 Å². The molecule has 2 heterocycles. The van der Waals surface area contributed by atoms with Gasteiger partial charge in [-0.2, -0.15) is 8.42 Å². The van der Waals surface area contributed by atoms with Crippen molar-refractivity contribution in [3.8, 4) is 11.3 Å². The third-order valence-electron chi connectivity index (χ3n) is 3.16. The maximum atomic E-state index is 11.2. The zero-order chi connectivity index (χ0) is 15.9. The first-order valence-electron chi connectivity index (χ1n) is 6.15. The minimum Gasteiger partial charge on any atom is -0.478 e. The van der Waals surface area contributed by atoms with Crippen LogP contribution in [0.3, 0.4) is 0 Å². The van der Waals surface area contributed by atoms with E-state index in [1.54, 1.807) is 22.9 Å². The Bertz CT molecular complexity index is 974. The van der Waals surface area contributed by atoms with E-state index in [1.165, 1.54) is 30.3 Å². The van der Waals surface area contributed by atoms with E-state index in [4.69, 9.17) is 9.66 Å². The summed E-state index contributed by atoms with van der Waals surface area (Å²) >= 11 is 0. The first-order chi connectivity index (χ1) is 10.4. The number of aromatic nitrogens is 2. The predicted octanol–water partition coefficient (Wildman–Crippen LogP) is 1.95. The minimum absolute atomic E-state index is 0.0725. The average molecular weight is 318 g/mol. The van der Waals surface area contributed by atoms with Gasteiger partial charge in [0, 0.05) is 18.0 Å². The molecule has 8 heteroatoms. The van der Waals surface area contributed by atoms with Crippen LogP contribution in [0.15, 0.2) is 53.7 Å². The first-order valence-corrected chi connectivity index (χ1v) is 7.59. The molecule has 7 nitrogen and oxygen atoms in total. The van der Waals surface area contributed by atoms with Crippen molar-refractivity contribution in [3.63, 3.8) is 0 Å². The number of fused-ring (bicyclic) bond motifs is 1. The largest absolute Gasteiger partial charge is 0.478 e. The monoisotopic (exact) mass is 318 g/mol. The highest BCUT2D eigenvalue weighted by atomic mass is 32.2. The van der Waals surface area contributed by atoms with Crippen LogP contribution in [0, 0.1) is 0 Å². The van der Waals surface area contributed by atoms with Crippen LogP contribution in [0.25, 0.3) is 16.9 Å². The quantitative estimate of drug-likeness (QED) is 0.714. The van der Waals surface area contributed by atoms with Crippen LogP contribution in [0.2, 0.25) is 0 Å². The molecule has 0 saturated carbocycles. The van der Waals surface area contributed by atoms with E-state index in [0.29, 0.717) is 16.9 Å². The predicted molar refractivity (Wildman–Crippen MR) is 77.4 cm³/mol. The summed E-state index contributed by atoms with van der Waals surface area (Å²) in [5.41, 5.74) is 1.47. The molecule has 3 rings (SSSR count). The highest BCUT2D eigenvalue weighted by Gasteiger charge is 2.14. The lowest BCUT2D eigenvalue weighted by Gasteiger charge is -1.98. The van der Waals surface area contributed by atoms with E-state index in [-0.39, 0.29) is 10.5 Å². The lowest BCUT2D eigenvalue weighted by atomic mass is 10.2. The van der Waals surface area contributed by atoms with Crippen molar-refractivity contribution in [3.05, 3.63) is 54.4 Å². The number of aromatic carboxylic acids is 1. The van der Waals surface area contributed by atoms with Crippen LogP contribution < -0.4 is 0 Å². The smallest absolute Gasteiger partial charge is 0.339 e. The van der Waals surface area contributed by atoms with E-state index in [2.05, 4.69) is 4.98 Å². The van der Waals surface area contributed by atoms with Gasteiger partial charge in [-0.3, -0.25) is 4.55 Å². The second-order valence-electron chi connectivity index (χ2n) is 4.58. The fourth-order valence-corrected chi connectivity index (χ4v) is 2.60. The lowest BCUT2D eigenvalue weighted by molar-refractivity contribution is 0.0698. The van der Waals surface area contributed by atoms with Gasteiger partial charge in [-0.1, -0.05) is 12.1 Å². The molecule has 0 amide bonds. The third kappa shape index (κ3) is 2.45. The summed E-state index contributed by atoms with van der Waals surface area (Å²) in [5.74, 6) is -1.08. The Morgan fingerprint density at radius 2 is 1.82 bits per heavy atom. The summed E-state index contributed by atoms with van der Waals surface area (Å²) in [5, 5.41) is 9.14. The number of hydrogen-bond acceptors (Lipinski definition) is 4. The summed E-state index contributed by atoms with van der Waals surface area (Å²) in [6.45, 7) is 0. The Balaban J connectivity index is 2.11. The molecule has 112 valence electrons. The summed E-state index contributed by atoms with van der Waals surface area (Å²) < 4.78 is 32.6. The van der Waals surface area contributed by atoms with Crippen LogP contribution in [0.1, 0.15) is 10.4 Å². The topological polar surface area (TPSA) is 109 Å². The number of nitrogens with zero attached hydrogens (tertiary/aromatic N) is 2. The molecule has 0 aliphatic carbocycles. The highest BCUT2D eigenvalue weighted by Crippen LogP contribution is 2.22. The van der Waals surface area contributed by atoms with Crippen molar-refractivity contribution in [2.75, 3.05) is 0 Å². The number of carbonyl (C=O) groups is 1. The van der Waals surface area contributed by atoms with Gasteiger partial charge >= 0.3 is 5.97 Å². The van der Waals surface area contributed by atoms with Crippen molar-refractivity contribution < 1.29 is 22.9 Å². The molecule has 0 fully saturated rings. The van der Waals surface area contributed by atoms with E-state index >= 15 is 0 Å². The normalized spacial score (nSPS) is 11.7. The molecule has 2 N–H and O–H groups in total. The number of imidazole rings is 1. The molecule has 1 aromatic carbocycles. The Kier molecular flexibility index (Phi) is 3.19. The molecule has 0 aliphatic rings. The lowest BCUT2D eigenvalue weighted by Crippen LogP contribution is -1.99. The Labute approximate surface area is 125 Å². The molecule has 0 unspecified atom stereocenters. The SMILES string of the molecule is O=C(O)c1cccn2cc(-c3ccc(S(=O)(=O)O)cc3)nc12. The van der Waals surface area contributed by atoms with Crippen LogP contribution in [0.5, 0.6) is 0 Å². The molecule has 0 aliphatic heterocycles. The van der Waals surface area contributed by atoms with Crippen LogP contribution in [0.4, 0.5) is 0 Å². The fraction of sp³-hybridized carbons (Fsp3) is 0. The second-order valence-corrected chi connectivity index (χ2v) is 6.01. The highest BCUT2D eigenvalue weighted by molar-refractivity contribution is 7.85. The van der Waals surface area contributed by atoms with Crippen molar-refractivity contribution in [1.29, 1.82) is 0 Å². The van der Waals surface area contributed by atoms with Crippen molar-refractivity contribution in [1.82, 2.24) is 9.38 Å². The molecule has 0 bridgehead atoms. The fourth-order valence-electron chi connectivity index (χ4n) is 2.12. The minimum atomic E-state index is -4.25. The molecule has 3 aromatic rings. The Morgan fingerprint density at radius 3 is 2.41 bits per heavy atom. The summed E-state index contributed by atoms with van der Waals surface area (Å²) in [6, 6.07) is 8.55. The summed E-state index contributed by atoms with van der Waals surface area (Å²) in [4.78, 5) is 15.2. The molecular formula is C14H10N2O5S. The van der Waals surface area contributed by atoms with Gasteiger partial charge in [0.2, 0.25) is 0 Å². The van der Waals surface area contributed by atoms with Gasteiger partial charge in [-0.25, -0.2) is 9.78 Å². The third-order valence-corrected chi connectivity index (χ3v) is 4.03. The molecule has 0 radical (unpaired) electrons. The number of carboxylic acids is 1. The molecular weight excluding hydrogens is 308 g/mol. The zero-order valence-electron chi connectivity index (χ0n) is 11.0. The van der Waals surface area contributed by atoms with E-state index < -0.39 is 16.1 Å². The number of rotatable bonds is 3. The molecule has 0 saturated heterocycles. The summed E-state index contributed by atoms with van der Waals surface area (Å²) in [6.07, 6.45) is 3.31. The average Bonchev–Trinajstić information content (AvgIpc) is 2.90. The number of pyridine rings is 1. The van der Waals surface area contributed by atoms with Gasteiger partial charge in [-0.05, 0) is 24.3 Å². The zero-order valence-corrected chi connectivity index (χ0v) is 11.9. The number of hydrogen-bond donors (Lipinski definition) is 2. The molecule has 2 aromatic heterocycles. The number of carboxylic acid groups (broad SMARTS) is 1. The Hall–Kier alpha value is -2.71. The van der Waals surface area contributed by atoms with Crippen molar-refractivity contribution in [2.24, 2.45) is 0 Å². The van der Waals surface area contributed by atoms with Gasteiger partial charge in [0.05, 0.1) is 10.6 Å². The van der Waals surface area contributed by atoms with Crippen LogP contribution in [-0.4, -0.2) is 33.4 Å². The van der Waals surface area contributed by atoms with E-state index in [9.17, 15) is 13.2 Å². The van der Waals surface area contributed by atoms with Crippen LogP contribution >= 0.6 is 0 Å². The van der Waals surface area contributed by atoms with E-state index in [1.807, 2.05) is 0 Å². The maximum Gasteiger partial charge on any atom is 0.339 e.